The van der Waals surface area contributed by atoms with E-state index in [9.17, 15) is 4.79 Å². The van der Waals surface area contributed by atoms with Gasteiger partial charge in [0.1, 0.15) is 5.82 Å². The van der Waals surface area contributed by atoms with E-state index in [1.807, 2.05) is 0 Å². The van der Waals surface area contributed by atoms with Crippen LogP contribution in [0.5, 0.6) is 0 Å². The highest BCUT2D eigenvalue weighted by Gasteiger charge is 2.29. The smallest absolute Gasteiger partial charge is 0.234 e. The molecule has 2 aliphatic rings. The highest BCUT2D eigenvalue weighted by Crippen LogP contribution is 2.32. The fraction of sp³-hybridized carbons (Fsp3) is 0.625. The average Bonchev–Trinajstić information content (AvgIpc) is 3.33. The molecule has 1 unspecified atom stereocenters. The number of rotatable bonds is 5. The Kier molecular flexibility index (Phi) is 5.29. The first-order valence-corrected chi connectivity index (χ1v) is 8.86. The SMILES string of the molecule is CC(NC(=O)CN1CCN(c2ncc(Cl)cc2Cl)CC1)C1CC1. The third-order valence-electron chi connectivity index (χ3n) is 4.55. The van der Waals surface area contributed by atoms with Crippen LogP contribution in [0.15, 0.2) is 12.3 Å². The minimum Gasteiger partial charge on any atom is -0.353 e. The Morgan fingerprint density at radius 3 is 2.65 bits per heavy atom. The fourth-order valence-corrected chi connectivity index (χ4v) is 3.47. The number of piperazine rings is 1. The molecule has 3 rings (SSSR count). The maximum absolute atomic E-state index is 12.1. The number of nitrogens with one attached hydrogen (secondary N) is 1. The molecule has 126 valence electrons. The molecule has 23 heavy (non-hydrogen) atoms. The number of halogens is 2. The van der Waals surface area contributed by atoms with Gasteiger partial charge in [0.05, 0.1) is 16.6 Å². The third kappa shape index (κ3) is 4.49. The molecule has 1 aromatic heterocycles. The number of aromatic nitrogens is 1. The summed E-state index contributed by atoms with van der Waals surface area (Å²) in [5.41, 5.74) is 0. The average molecular weight is 357 g/mol. The predicted molar refractivity (Wildman–Crippen MR) is 93.2 cm³/mol. The predicted octanol–water partition coefficient (Wildman–Crippen LogP) is 2.43. The molecule has 0 spiro atoms. The van der Waals surface area contributed by atoms with Crippen molar-refractivity contribution in [3.63, 3.8) is 0 Å². The van der Waals surface area contributed by atoms with Gasteiger partial charge in [-0.2, -0.15) is 0 Å². The van der Waals surface area contributed by atoms with Crippen LogP contribution in [0.3, 0.4) is 0 Å². The Balaban J connectivity index is 1.47. The second kappa shape index (κ2) is 7.24. The minimum absolute atomic E-state index is 0.125. The summed E-state index contributed by atoms with van der Waals surface area (Å²) >= 11 is 12.1. The number of nitrogens with zero attached hydrogens (tertiary/aromatic N) is 3. The molecule has 2 fully saturated rings. The van der Waals surface area contributed by atoms with Crippen molar-refractivity contribution in [2.45, 2.75) is 25.8 Å². The zero-order chi connectivity index (χ0) is 16.4. The molecular formula is C16H22Cl2N4O. The van der Waals surface area contributed by atoms with Crippen molar-refractivity contribution in [2.75, 3.05) is 37.6 Å². The van der Waals surface area contributed by atoms with Crippen LogP contribution in [0.1, 0.15) is 19.8 Å². The van der Waals surface area contributed by atoms with E-state index in [4.69, 9.17) is 23.2 Å². The molecule has 1 amide bonds. The van der Waals surface area contributed by atoms with Crippen LogP contribution >= 0.6 is 23.2 Å². The Morgan fingerprint density at radius 1 is 1.35 bits per heavy atom. The van der Waals surface area contributed by atoms with Gasteiger partial charge in [-0.1, -0.05) is 23.2 Å². The molecule has 1 saturated carbocycles. The Morgan fingerprint density at radius 2 is 2.04 bits per heavy atom. The lowest BCUT2D eigenvalue weighted by Crippen LogP contribution is -2.50. The van der Waals surface area contributed by atoms with E-state index in [0.29, 0.717) is 28.5 Å². The lowest BCUT2D eigenvalue weighted by atomic mass is 10.2. The maximum Gasteiger partial charge on any atom is 0.234 e. The van der Waals surface area contributed by atoms with Gasteiger partial charge in [0.15, 0.2) is 0 Å². The quantitative estimate of drug-likeness (QED) is 0.879. The molecule has 1 N–H and O–H groups in total. The van der Waals surface area contributed by atoms with Crippen LogP contribution in [0.25, 0.3) is 0 Å². The van der Waals surface area contributed by atoms with Gasteiger partial charge in [0, 0.05) is 38.4 Å². The van der Waals surface area contributed by atoms with Crippen LogP contribution in [-0.4, -0.2) is 54.6 Å². The molecule has 5 nitrogen and oxygen atoms in total. The van der Waals surface area contributed by atoms with E-state index >= 15 is 0 Å². The second-order valence-electron chi connectivity index (χ2n) is 6.42. The lowest BCUT2D eigenvalue weighted by molar-refractivity contribution is -0.123. The normalized spacial score (nSPS) is 20.4. The molecule has 0 radical (unpaired) electrons. The molecule has 2 heterocycles. The summed E-state index contributed by atoms with van der Waals surface area (Å²) in [6.07, 6.45) is 4.10. The van der Waals surface area contributed by atoms with E-state index in [-0.39, 0.29) is 5.91 Å². The van der Waals surface area contributed by atoms with Gasteiger partial charge < -0.3 is 10.2 Å². The molecule has 1 aliphatic heterocycles. The summed E-state index contributed by atoms with van der Waals surface area (Å²) < 4.78 is 0. The highest BCUT2D eigenvalue weighted by molar-refractivity contribution is 6.36. The molecular weight excluding hydrogens is 335 g/mol. The van der Waals surface area contributed by atoms with Crippen molar-refractivity contribution in [3.8, 4) is 0 Å². The van der Waals surface area contributed by atoms with Gasteiger partial charge >= 0.3 is 0 Å². The zero-order valence-electron chi connectivity index (χ0n) is 13.3. The zero-order valence-corrected chi connectivity index (χ0v) is 14.8. The fourth-order valence-electron chi connectivity index (χ4n) is 2.97. The van der Waals surface area contributed by atoms with E-state index in [0.717, 1.165) is 32.0 Å². The first-order valence-electron chi connectivity index (χ1n) is 8.10. The van der Waals surface area contributed by atoms with E-state index in [1.54, 1.807) is 12.3 Å². The number of carbonyl (C=O) groups is 1. The van der Waals surface area contributed by atoms with Gasteiger partial charge in [0.2, 0.25) is 5.91 Å². The highest BCUT2D eigenvalue weighted by atomic mass is 35.5. The van der Waals surface area contributed by atoms with Gasteiger partial charge in [-0.25, -0.2) is 4.98 Å². The van der Waals surface area contributed by atoms with Crippen molar-refractivity contribution in [1.29, 1.82) is 0 Å². The molecule has 7 heteroatoms. The monoisotopic (exact) mass is 356 g/mol. The molecule has 1 saturated heterocycles. The standard InChI is InChI=1S/C16H22Cl2N4O/c1-11(12-2-3-12)20-15(23)10-21-4-6-22(7-5-21)16-14(18)8-13(17)9-19-16/h8-9,11-12H,2-7,10H2,1H3,(H,20,23). The van der Waals surface area contributed by atoms with Gasteiger partial charge in [-0.3, -0.25) is 9.69 Å². The van der Waals surface area contributed by atoms with E-state index in [2.05, 4.69) is 27.0 Å². The van der Waals surface area contributed by atoms with Crippen LogP contribution in [0, 0.1) is 5.92 Å². The summed E-state index contributed by atoms with van der Waals surface area (Å²) in [5.74, 6) is 1.58. The number of anilines is 1. The Labute approximate surface area is 146 Å². The van der Waals surface area contributed by atoms with Crippen LogP contribution < -0.4 is 10.2 Å². The van der Waals surface area contributed by atoms with Gasteiger partial charge in [0.25, 0.3) is 0 Å². The molecule has 1 aromatic rings. The van der Waals surface area contributed by atoms with Crippen molar-refractivity contribution in [1.82, 2.24) is 15.2 Å². The van der Waals surface area contributed by atoms with Crippen LogP contribution in [-0.2, 0) is 4.79 Å². The van der Waals surface area contributed by atoms with Gasteiger partial charge in [-0.05, 0) is 31.7 Å². The number of carbonyl (C=O) groups excluding carboxylic acids is 1. The van der Waals surface area contributed by atoms with Gasteiger partial charge in [-0.15, -0.1) is 0 Å². The summed E-state index contributed by atoms with van der Waals surface area (Å²) in [6.45, 7) is 5.83. The summed E-state index contributed by atoms with van der Waals surface area (Å²) in [5, 5.41) is 4.22. The van der Waals surface area contributed by atoms with E-state index in [1.165, 1.54) is 12.8 Å². The Hall–Kier alpha value is -1.04. The van der Waals surface area contributed by atoms with Crippen molar-refractivity contribution in [3.05, 3.63) is 22.3 Å². The first kappa shape index (κ1) is 16.8. The lowest BCUT2D eigenvalue weighted by Gasteiger charge is -2.35. The topological polar surface area (TPSA) is 48.5 Å². The van der Waals surface area contributed by atoms with Crippen LogP contribution in [0.2, 0.25) is 10.0 Å². The second-order valence-corrected chi connectivity index (χ2v) is 7.26. The summed E-state index contributed by atoms with van der Waals surface area (Å²) in [4.78, 5) is 20.7. The summed E-state index contributed by atoms with van der Waals surface area (Å²) in [7, 11) is 0. The minimum atomic E-state index is 0.125. The molecule has 0 bridgehead atoms. The summed E-state index contributed by atoms with van der Waals surface area (Å²) in [6, 6.07) is 2.02. The van der Waals surface area contributed by atoms with E-state index < -0.39 is 0 Å². The number of amides is 1. The largest absolute Gasteiger partial charge is 0.353 e. The number of hydrogen-bond acceptors (Lipinski definition) is 4. The van der Waals surface area contributed by atoms with Crippen molar-refractivity contribution < 1.29 is 4.79 Å². The maximum atomic E-state index is 12.1. The van der Waals surface area contributed by atoms with Crippen molar-refractivity contribution in [2.24, 2.45) is 5.92 Å². The molecule has 1 atom stereocenters. The van der Waals surface area contributed by atoms with Crippen molar-refractivity contribution >= 4 is 34.9 Å². The molecule has 0 aromatic carbocycles. The number of pyridine rings is 1. The van der Waals surface area contributed by atoms with Crippen LogP contribution in [0.4, 0.5) is 5.82 Å². The Bertz CT molecular complexity index is 571. The first-order chi connectivity index (χ1) is 11.0. The number of hydrogen-bond donors (Lipinski definition) is 1. The molecule has 1 aliphatic carbocycles. The third-order valence-corrected chi connectivity index (χ3v) is 5.03.